The zero-order chi connectivity index (χ0) is 31.0. The minimum atomic E-state index is -4.16. The second-order valence-electron chi connectivity index (χ2n) is 9.93. The number of anilines is 2. The van der Waals surface area contributed by atoms with Gasteiger partial charge in [-0.3, -0.25) is 4.79 Å². The highest BCUT2D eigenvalue weighted by Crippen LogP contribution is 2.30. The number of carbonyl (C=O) groups is 2. The van der Waals surface area contributed by atoms with Gasteiger partial charge in [-0.2, -0.15) is 13.2 Å². The first-order valence-corrected chi connectivity index (χ1v) is 13.6. The van der Waals surface area contributed by atoms with Crippen LogP contribution in [0, 0.1) is 6.92 Å². The third kappa shape index (κ3) is 8.72. The van der Waals surface area contributed by atoms with Crippen molar-refractivity contribution < 1.29 is 32.2 Å². The molecule has 222 valence electrons. The van der Waals surface area contributed by atoms with Crippen LogP contribution in [-0.4, -0.2) is 24.5 Å². The quantitative estimate of drug-likeness (QED) is 0.0459. The molecule has 43 heavy (non-hydrogen) atoms. The Morgan fingerprint density at radius 1 is 0.814 bits per heavy atom. The molecule has 9 heteroatoms. The third-order valence-corrected chi connectivity index (χ3v) is 6.70. The van der Waals surface area contributed by atoms with Crippen molar-refractivity contribution in [2.45, 2.75) is 32.4 Å². The van der Waals surface area contributed by atoms with Gasteiger partial charge >= 0.3 is 12.1 Å². The molecule has 0 aliphatic rings. The lowest BCUT2D eigenvalue weighted by Crippen LogP contribution is -2.08. The number of benzene rings is 4. The number of alkyl halides is 3. The van der Waals surface area contributed by atoms with Gasteiger partial charge < -0.3 is 20.9 Å². The van der Waals surface area contributed by atoms with Crippen LogP contribution in [0.3, 0.4) is 0 Å². The molecule has 0 amide bonds. The fourth-order valence-corrected chi connectivity index (χ4v) is 4.41. The second kappa shape index (κ2) is 13.7. The topological polar surface area (TPSA) is 105 Å². The SMILES string of the molecule is Cc1c(-c2ccc(N)cc2)ccc(N)c1C(=O)C=Cc1ccc(C(=O)Oc2ccc(OCCCCC(F)(F)F)cc2)cc1. The summed E-state index contributed by atoms with van der Waals surface area (Å²) >= 11 is 0. The van der Waals surface area contributed by atoms with E-state index in [2.05, 4.69) is 0 Å². The van der Waals surface area contributed by atoms with Crippen molar-refractivity contribution >= 4 is 29.2 Å². The minimum Gasteiger partial charge on any atom is -0.494 e. The molecule has 0 radical (unpaired) electrons. The van der Waals surface area contributed by atoms with E-state index >= 15 is 0 Å². The van der Waals surface area contributed by atoms with Crippen LogP contribution in [0.5, 0.6) is 11.5 Å². The molecule has 4 rings (SSSR count). The van der Waals surface area contributed by atoms with Gasteiger partial charge in [0.2, 0.25) is 0 Å². The van der Waals surface area contributed by atoms with Gasteiger partial charge in [0.1, 0.15) is 11.5 Å². The number of nitrogens with two attached hydrogens (primary N) is 2. The lowest BCUT2D eigenvalue weighted by atomic mass is 9.93. The van der Waals surface area contributed by atoms with Crippen molar-refractivity contribution in [2.75, 3.05) is 18.1 Å². The Bertz CT molecular complexity index is 1600. The predicted molar refractivity (Wildman–Crippen MR) is 162 cm³/mol. The molecule has 0 unspecified atom stereocenters. The van der Waals surface area contributed by atoms with Crippen LogP contribution in [0.2, 0.25) is 0 Å². The van der Waals surface area contributed by atoms with Crippen LogP contribution in [0.25, 0.3) is 17.2 Å². The minimum absolute atomic E-state index is 0.00242. The molecule has 0 aromatic heterocycles. The molecule has 0 saturated heterocycles. The number of allylic oxidation sites excluding steroid dienone is 1. The molecule has 0 saturated carbocycles. The summed E-state index contributed by atoms with van der Waals surface area (Å²) in [6.07, 6.45) is -1.64. The summed E-state index contributed by atoms with van der Waals surface area (Å²) < 4.78 is 47.5. The van der Waals surface area contributed by atoms with E-state index in [1.54, 1.807) is 72.8 Å². The molecule has 0 fully saturated rings. The van der Waals surface area contributed by atoms with Crippen LogP contribution in [0.15, 0.2) is 91.0 Å². The number of hydrogen-bond donors (Lipinski definition) is 2. The Hall–Kier alpha value is -5.05. The highest BCUT2D eigenvalue weighted by molar-refractivity contribution is 6.12. The summed E-state index contributed by atoms with van der Waals surface area (Å²) in [6.45, 7) is 2.01. The number of unbranched alkanes of at least 4 members (excludes halogenated alkanes) is 1. The van der Waals surface area contributed by atoms with E-state index in [9.17, 15) is 22.8 Å². The first-order valence-electron chi connectivity index (χ1n) is 13.6. The van der Waals surface area contributed by atoms with Crippen molar-refractivity contribution in [2.24, 2.45) is 0 Å². The second-order valence-corrected chi connectivity index (χ2v) is 9.93. The largest absolute Gasteiger partial charge is 0.494 e. The standard InChI is InChI=1S/C34H31F3N2O4/c1-22-29(24-9-11-26(38)12-10-24)17-18-30(39)32(22)31(40)19-6-23-4-7-25(8-5-23)33(41)43-28-15-13-27(14-16-28)42-21-3-2-20-34(35,36)37/h4-19H,2-3,20-21,38-39H2,1H3. The summed E-state index contributed by atoms with van der Waals surface area (Å²) in [5.41, 5.74) is 17.0. The van der Waals surface area contributed by atoms with E-state index in [1.807, 2.05) is 25.1 Å². The van der Waals surface area contributed by atoms with Gasteiger partial charge in [-0.25, -0.2) is 4.79 Å². The predicted octanol–water partition coefficient (Wildman–Crippen LogP) is 8.05. The van der Waals surface area contributed by atoms with Crippen LogP contribution < -0.4 is 20.9 Å². The van der Waals surface area contributed by atoms with Crippen LogP contribution in [0.4, 0.5) is 24.5 Å². The summed E-state index contributed by atoms with van der Waals surface area (Å²) in [5.74, 6) is -0.0654. The summed E-state index contributed by atoms with van der Waals surface area (Å²) in [4.78, 5) is 25.7. The van der Waals surface area contributed by atoms with Crippen molar-refractivity contribution in [3.8, 4) is 22.6 Å². The van der Waals surface area contributed by atoms with E-state index < -0.39 is 18.6 Å². The van der Waals surface area contributed by atoms with Crippen LogP contribution >= 0.6 is 0 Å². The number of hydrogen-bond acceptors (Lipinski definition) is 6. The third-order valence-electron chi connectivity index (χ3n) is 6.70. The molecule has 4 N–H and O–H groups in total. The Morgan fingerprint density at radius 3 is 2.12 bits per heavy atom. The van der Waals surface area contributed by atoms with Crippen molar-refractivity contribution in [1.82, 2.24) is 0 Å². The summed E-state index contributed by atoms with van der Waals surface area (Å²) in [6, 6.07) is 23.8. The van der Waals surface area contributed by atoms with Crippen molar-refractivity contribution in [1.29, 1.82) is 0 Å². The number of halogens is 3. The zero-order valence-corrected chi connectivity index (χ0v) is 23.5. The Kier molecular flexibility index (Phi) is 9.87. The average molecular weight is 589 g/mol. The number of ketones is 1. The van der Waals surface area contributed by atoms with Gasteiger partial charge in [0.15, 0.2) is 5.78 Å². The van der Waals surface area contributed by atoms with Gasteiger partial charge in [0.05, 0.1) is 12.2 Å². The number of nitrogen functional groups attached to an aromatic ring is 2. The monoisotopic (exact) mass is 588 g/mol. The molecule has 4 aromatic rings. The Morgan fingerprint density at radius 2 is 1.47 bits per heavy atom. The summed E-state index contributed by atoms with van der Waals surface area (Å²) in [5, 5.41) is 0. The first kappa shape index (κ1) is 30.9. The van der Waals surface area contributed by atoms with Gasteiger partial charge in [0.25, 0.3) is 0 Å². The molecule has 0 aliphatic heterocycles. The molecule has 0 atom stereocenters. The Balaban J connectivity index is 1.33. The fourth-order valence-electron chi connectivity index (χ4n) is 4.41. The van der Waals surface area contributed by atoms with E-state index in [1.165, 1.54) is 6.08 Å². The molecule has 4 aromatic carbocycles. The van der Waals surface area contributed by atoms with E-state index in [-0.39, 0.29) is 31.0 Å². The van der Waals surface area contributed by atoms with Gasteiger partial charge in [-0.1, -0.05) is 36.4 Å². The molecule has 0 heterocycles. The maximum absolute atomic E-state index is 13.1. The number of esters is 1. The first-order chi connectivity index (χ1) is 20.5. The fraction of sp³-hybridized carbons (Fsp3) is 0.176. The number of ether oxygens (including phenoxy) is 2. The van der Waals surface area contributed by atoms with Crippen molar-refractivity contribution in [3.63, 3.8) is 0 Å². The van der Waals surface area contributed by atoms with Crippen molar-refractivity contribution in [3.05, 3.63) is 113 Å². The molecule has 6 nitrogen and oxygen atoms in total. The molecule has 0 bridgehead atoms. The average Bonchev–Trinajstić information content (AvgIpc) is 2.97. The molecular formula is C34H31F3N2O4. The van der Waals surface area contributed by atoms with Crippen LogP contribution in [0.1, 0.15) is 51.1 Å². The van der Waals surface area contributed by atoms with Gasteiger partial charge in [0, 0.05) is 23.4 Å². The van der Waals surface area contributed by atoms with Gasteiger partial charge in [-0.15, -0.1) is 0 Å². The van der Waals surface area contributed by atoms with Crippen LogP contribution in [-0.2, 0) is 0 Å². The van der Waals surface area contributed by atoms with E-state index in [4.69, 9.17) is 20.9 Å². The van der Waals surface area contributed by atoms with E-state index in [0.717, 1.165) is 16.7 Å². The highest BCUT2D eigenvalue weighted by atomic mass is 19.4. The Labute approximate surface area is 247 Å². The lowest BCUT2D eigenvalue weighted by molar-refractivity contribution is -0.135. The maximum atomic E-state index is 13.1. The molecule has 0 spiro atoms. The number of rotatable bonds is 11. The maximum Gasteiger partial charge on any atom is 0.389 e. The highest BCUT2D eigenvalue weighted by Gasteiger charge is 2.25. The molecular weight excluding hydrogens is 557 g/mol. The summed E-state index contributed by atoms with van der Waals surface area (Å²) in [7, 11) is 0. The van der Waals surface area contributed by atoms with Gasteiger partial charge in [-0.05, 0) is 103 Å². The number of carbonyl (C=O) groups excluding carboxylic acids is 2. The molecule has 0 aliphatic carbocycles. The van der Waals surface area contributed by atoms with E-state index in [0.29, 0.717) is 33.8 Å². The zero-order valence-electron chi connectivity index (χ0n) is 23.5. The normalized spacial score (nSPS) is 11.4. The smallest absolute Gasteiger partial charge is 0.389 e. The lowest BCUT2D eigenvalue weighted by Gasteiger charge is -2.13.